The van der Waals surface area contributed by atoms with Gasteiger partial charge in [0.15, 0.2) is 0 Å². The molecule has 0 fully saturated rings. The van der Waals surface area contributed by atoms with E-state index in [1.54, 1.807) is 24.3 Å². The third-order valence-electron chi connectivity index (χ3n) is 3.12. The molecular formula is C16H9N3O2S. The van der Waals surface area contributed by atoms with Gasteiger partial charge >= 0.3 is 0 Å². The van der Waals surface area contributed by atoms with Crippen LogP contribution in [-0.2, 0) is 0 Å². The molecule has 0 saturated carbocycles. The molecule has 3 rings (SSSR count). The number of nitro benzene ring substituents is 1. The van der Waals surface area contributed by atoms with E-state index in [-0.39, 0.29) is 5.69 Å². The van der Waals surface area contributed by atoms with Crippen LogP contribution < -0.4 is 0 Å². The van der Waals surface area contributed by atoms with Gasteiger partial charge in [0.25, 0.3) is 5.69 Å². The number of hydrogen-bond acceptors (Lipinski definition) is 5. The number of hydrogen-bond donors (Lipinski definition) is 0. The Labute approximate surface area is 130 Å². The molecule has 1 aromatic heterocycles. The SMILES string of the molecule is N#Cc1ccc(-c2csc(-c3cccc([N+](=O)[O-])c3)n2)cc1. The Kier molecular flexibility index (Phi) is 3.64. The highest BCUT2D eigenvalue weighted by molar-refractivity contribution is 7.13. The first-order valence-electron chi connectivity index (χ1n) is 6.38. The summed E-state index contributed by atoms with van der Waals surface area (Å²) in [5.74, 6) is 0. The molecule has 3 aromatic rings. The number of aromatic nitrogens is 1. The molecule has 0 bridgehead atoms. The summed E-state index contributed by atoms with van der Waals surface area (Å²) in [6.45, 7) is 0. The van der Waals surface area contributed by atoms with Crippen LogP contribution in [0.25, 0.3) is 21.8 Å². The lowest BCUT2D eigenvalue weighted by Gasteiger charge is -1.98. The van der Waals surface area contributed by atoms with Gasteiger partial charge in [-0.3, -0.25) is 10.1 Å². The lowest BCUT2D eigenvalue weighted by Crippen LogP contribution is -1.88. The fourth-order valence-electron chi connectivity index (χ4n) is 2.01. The van der Waals surface area contributed by atoms with Crippen LogP contribution in [0.15, 0.2) is 53.9 Å². The van der Waals surface area contributed by atoms with Crippen molar-refractivity contribution in [3.05, 3.63) is 69.6 Å². The molecule has 2 aromatic carbocycles. The summed E-state index contributed by atoms with van der Waals surface area (Å²) in [5.41, 5.74) is 3.06. The predicted octanol–water partition coefficient (Wildman–Crippen LogP) is 4.26. The minimum Gasteiger partial charge on any atom is -0.258 e. The maximum absolute atomic E-state index is 10.8. The molecule has 0 amide bonds. The number of thiazole rings is 1. The fourth-order valence-corrected chi connectivity index (χ4v) is 2.83. The summed E-state index contributed by atoms with van der Waals surface area (Å²) in [6.07, 6.45) is 0. The Morgan fingerprint density at radius 1 is 1.14 bits per heavy atom. The van der Waals surface area contributed by atoms with Crippen molar-refractivity contribution in [3.63, 3.8) is 0 Å². The van der Waals surface area contributed by atoms with Gasteiger partial charge in [-0.25, -0.2) is 4.98 Å². The van der Waals surface area contributed by atoms with Crippen LogP contribution in [0.2, 0.25) is 0 Å². The summed E-state index contributed by atoms with van der Waals surface area (Å²) >= 11 is 1.43. The number of non-ortho nitro benzene ring substituents is 1. The van der Waals surface area contributed by atoms with Gasteiger partial charge in [0.2, 0.25) is 0 Å². The van der Waals surface area contributed by atoms with E-state index in [2.05, 4.69) is 11.1 Å². The minimum absolute atomic E-state index is 0.0487. The Balaban J connectivity index is 1.95. The van der Waals surface area contributed by atoms with Crippen molar-refractivity contribution in [2.75, 3.05) is 0 Å². The summed E-state index contributed by atoms with van der Waals surface area (Å²) < 4.78 is 0. The van der Waals surface area contributed by atoms with Crippen molar-refractivity contribution in [1.29, 1.82) is 5.26 Å². The predicted molar refractivity (Wildman–Crippen MR) is 84.4 cm³/mol. The quantitative estimate of drug-likeness (QED) is 0.535. The molecule has 0 unspecified atom stereocenters. The summed E-state index contributed by atoms with van der Waals surface area (Å²) in [5, 5.41) is 22.3. The van der Waals surface area contributed by atoms with Crippen molar-refractivity contribution in [2.24, 2.45) is 0 Å². The first-order valence-corrected chi connectivity index (χ1v) is 7.26. The molecule has 106 valence electrons. The van der Waals surface area contributed by atoms with Gasteiger partial charge < -0.3 is 0 Å². The maximum Gasteiger partial charge on any atom is 0.270 e. The zero-order chi connectivity index (χ0) is 15.5. The summed E-state index contributed by atoms with van der Waals surface area (Å²) in [4.78, 5) is 14.9. The normalized spacial score (nSPS) is 10.1. The molecule has 22 heavy (non-hydrogen) atoms. The van der Waals surface area contributed by atoms with Gasteiger partial charge in [-0.1, -0.05) is 24.3 Å². The molecule has 0 N–H and O–H groups in total. The lowest BCUT2D eigenvalue weighted by molar-refractivity contribution is -0.384. The maximum atomic E-state index is 10.8. The second-order valence-corrected chi connectivity index (χ2v) is 5.39. The van der Waals surface area contributed by atoms with E-state index in [4.69, 9.17) is 5.26 Å². The van der Waals surface area contributed by atoms with Crippen LogP contribution in [-0.4, -0.2) is 9.91 Å². The molecule has 1 heterocycles. The minimum atomic E-state index is -0.418. The van der Waals surface area contributed by atoms with Gasteiger partial charge in [-0.15, -0.1) is 11.3 Å². The van der Waals surface area contributed by atoms with Crippen LogP contribution in [0.5, 0.6) is 0 Å². The van der Waals surface area contributed by atoms with E-state index >= 15 is 0 Å². The first-order chi connectivity index (χ1) is 10.7. The topological polar surface area (TPSA) is 79.8 Å². The largest absolute Gasteiger partial charge is 0.270 e. The van der Waals surface area contributed by atoms with E-state index in [1.165, 1.54) is 23.5 Å². The second-order valence-electron chi connectivity index (χ2n) is 4.53. The zero-order valence-electron chi connectivity index (χ0n) is 11.3. The Morgan fingerprint density at radius 2 is 1.91 bits per heavy atom. The highest BCUT2D eigenvalue weighted by Gasteiger charge is 2.11. The van der Waals surface area contributed by atoms with Crippen LogP contribution in [0.1, 0.15) is 5.56 Å². The number of benzene rings is 2. The van der Waals surface area contributed by atoms with E-state index in [0.29, 0.717) is 5.56 Å². The van der Waals surface area contributed by atoms with Crippen molar-refractivity contribution < 1.29 is 4.92 Å². The average molecular weight is 307 g/mol. The molecule has 0 radical (unpaired) electrons. The van der Waals surface area contributed by atoms with E-state index in [1.807, 2.05) is 17.5 Å². The highest BCUT2D eigenvalue weighted by atomic mass is 32.1. The molecule has 0 aliphatic heterocycles. The van der Waals surface area contributed by atoms with Gasteiger partial charge in [0, 0.05) is 28.6 Å². The van der Waals surface area contributed by atoms with Crippen molar-refractivity contribution in [3.8, 4) is 27.9 Å². The third kappa shape index (κ3) is 2.71. The highest BCUT2D eigenvalue weighted by Crippen LogP contribution is 2.30. The molecule has 6 heteroatoms. The van der Waals surface area contributed by atoms with Crippen LogP contribution in [0.3, 0.4) is 0 Å². The monoisotopic (exact) mass is 307 g/mol. The lowest BCUT2D eigenvalue weighted by atomic mass is 10.1. The number of nitriles is 1. The fraction of sp³-hybridized carbons (Fsp3) is 0. The van der Waals surface area contributed by atoms with Gasteiger partial charge in [0.05, 0.1) is 22.2 Å². The van der Waals surface area contributed by atoms with Crippen molar-refractivity contribution in [2.45, 2.75) is 0 Å². The van der Waals surface area contributed by atoms with Gasteiger partial charge in [-0.2, -0.15) is 5.26 Å². The molecule has 0 saturated heterocycles. The molecule has 0 spiro atoms. The third-order valence-corrected chi connectivity index (χ3v) is 4.01. The van der Waals surface area contributed by atoms with E-state index in [9.17, 15) is 10.1 Å². The number of nitrogens with zero attached hydrogens (tertiary/aromatic N) is 3. The number of nitro groups is 1. The Bertz CT molecular complexity index is 879. The van der Waals surface area contributed by atoms with Gasteiger partial charge in [-0.05, 0) is 12.1 Å². The van der Waals surface area contributed by atoms with Crippen LogP contribution in [0.4, 0.5) is 5.69 Å². The number of rotatable bonds is 3. The van der Waals surface area contributed by atoms with Crippen molar-refractivity contribution in [1.82, 2.24) is 4.98 Å². The molecule has 0 aliphatic carbocycles. The van der Waals surface area contributed by atoms with Gasteiger partial charge in [0.1, 0.15) is 5.01 Å². The van der Waals surface area contributed by atoms with Crippen molar-refractivity contribution >= 4 is 17.0 Å². The Hall–Kier alpha value is -3.04. The first kappa shape index (κ1) is 13.9. The van der Waals surface area contributed by atoms with E-state index < -0.39 is 4.92 Å². The summed E-state index contributed by atoms with van der Waals surface area (Å²) in [7, 11) is 0. The molecule has 0 aliphatic rings. The van der Waals surface area contributed by atoms with Crippen LogP contribution in [0, 0.1) is 21.4 Å². The van der Waals surface area contributed by atoms with Crippen LogP contribution >= 0.6 is 11.3 Å². The zero-order valence-corrected chi connectivity index (χ0v) is 12.1. The standard InChI is InChI=1S/C16H9N3O2S/c17-9-11-4-6-12(7-5-11)15-10-22-16(18-15)13-2-1-3-14(8-13)19(20)21/h1-8,10H. The molecule has 0 atom stereocenters. The van der Waals surface area contributed by atoms with E-state index in [0.717, 1.165) is 21.8 Å². The second kappa shape index (κ2) is 5.76. The smallest absolute Gasteiger partial charge is 0.258 e. The molecule has 5 nitrogen and oxygen atoms in total. The Morgan fingerprint density at radius 3 is 2.59 bits per heavy atom. The summed E-state index contributed by atoms with van der Waals surface area (Å²) in [6, 6.07) is 15.6. The average Bonchev–Trinajstić information content (AvgIpc) is 3.05. The molecular weight excluding hydrogens is 298 g/mol.